The van der Waals surface area contributed by atoms with Crippen molar-refractivity contribution in [1.82, 2.24) is 24.3 Å². The van der Waals surface area contributed by atoms with Crippen LogP contribution in [0.4, 0.5) is 5.95 Å². The fraction of sp³-hybridized carbons (Fsp3) is 0.286. The second-order valence-electron chi connectivity index (χ2n) is 2.67. The van der Waals surface area contributed by atoms with Gasteiger partial charge in [0, 0.05) is 0 Å². The zero-order chi connectivity index (χ0) is 11.5. The van der Waals surface area contributed by atoms with Crippen LogP contribution in [0.15, 0.2) is 9.50 Å². The zero-order valence-corrected chi connectivity index (χ0v) is 10.2. The maximum Gasteiger partial charge on any atom is 0.321 e. The van der Waals surface area contributed by atoms with Gasteiger partial charge in [-0.3, -0.25) is 0 Å². The number of methoxy groups -OCH3 is 1. The first-order valence-electron chi connectivity index (χ1n) is 4.21. The number of anilines is 1. The highest BCUT2D eigenvalue weighted by atomic mass is 32.2. The van der Waals surface area contributed by atoms with Gasteiger partial charge in [0.05, 0.1) is 7.11 Å². The average molecular weight is 256 g/mol. The van der Waals surface area contributed by atoms with Gasteiger partial charge in [-0.2, -0.15) is 19.3 Å². The molecule has 2 rings (SSSR count). The molecule has 2 aromatic rings. The van der Waals surface area contributed by atoms with Gasteiger partial charge in [0.15, 0.2) is 4.34 Å². The van der Waals surface area contributed by atoms with Crippen LogP contribution < -0.4 is 10.5 Å². The van der Waals surface area contributed by atoms with Crippen LogP contribution in [0.1, 0.15) is 5.82 Å². The number of nitrogens with zero attached hydrogens (tertiary/aromatic N) is 5. The minimum atomic E-state index is 0.121. The van der Waals surface area contributed by atoms with Crippen molar-refractivity contribution in [3.05, 3.63) is 5.82 Å². The lowest BCUT2D eigenvalue weighted by molar-refractivity contribution is 0.374. The smallest absolute Gasteiger partial charge is 0.321 e. The van der Waals surface area contributed by atoms with Gasteiger partial charge in [-0.05, 0) is 30.2 Å². The summed E-state index contributed by atoms with van der Waals surface area (Å²) in [6.45, 7) is 1.82. The maximum atomic E-state index is 5.51. The van der Waals surface area contributed by atoms with Gasteiger partial charge in [-0.25, -0.2) is 4.98 Å². The first kappa shape index (κ1) is 11.0. The third kappa shape index (κ3) is 2.55. The van der Waals surface area contributed by atoms with Gasteiger partial charge in [0.2, 0.25) is 11.1 Å². The van der Waals surface area contributed by atoms with E-state index < -0.39 is 0 Å². The van der Waals surface area contributed by atoms with E-state index in [0.717, 1.165) is 10.2 Å². The van der Waals surface area contributed by atoms with Gasteiger partial charge in [0.25, 0.3) is 0 Å². The summed E-state index contributed by atoms with van der Waals surface area (Å²) in [6.07, 6.45) is 0. The SMILES string of the molecule is COc1nc(N)nc(Sc2nc(C)ns2)n1. The molecule has 0 unspecified atom stereocenters. The quantitative estimate of drug-likeness (QED) is 0.859. The molecule has 0 amide bonds. The largest absolute Gasteiger partial charge is 0.467 e. The third-order valence-corrected chi connectivity index (χ3v) is 3.19. The van der Waals surface area contributed by atoms with Crippen molar-refractivity contribution in [3.8, 4) is 6.01 Å². The lowest BCUT2D eigenvalue weighted by Gasteiger charge is -2.00. The van der Waals surface area contributed by atoms with E-state index in [0.29, 0.717) is 5.16 Å². The molecule has 0 fully saturated rings. The molecule has 0 aliphatic rings. The zero-order valence-electron chi connectivity index (χ0n) is 8.54. The Morgan fingerprint density at radius 3 is 2.69 bits per heavy atom. The molecule has 0 spiro atoms. The van der Waals surface area contributed by atoms with Crippen molar-refractivity contribution >= 4 is 29.2 Å². The van der Waals surface area contributed by atoms with E-state index in [9.17, 15) is 0 Å². The Bertz CT molecular complexity index is 501. The van der Waals surface area contributed by atoms with E-state index in [1.807, 2.05) is 6.92 Å². The van der Waals surface area contributed by atoms with Crippen molar-refractivity contribution in [2.45, 2.75) is 16.4 Å². The summed E-state index contributed by atoms with van der Waals surface area (Å²) in [5, 5.41) is 0.445. The summed E-state index contributed by atoms with van der Waals surface area (Å²) in [7, 11) is 1.47. The molecule has 9 heteroatoms. The molecule has 0 aliphatic heterocycles. The Morgan fingerprint density at radius 1 is 1.25 bits per heavy atom. The minimum absolute atomic E-state index is 0.121. The summed E-state index contributed by atoms with van der Waals surface area (Å²) in [6, 6.07) is 0.191. The van der Waals surface area contributed by atoms with Crippen LogP contribution in [-0.4, -0.2) is 31.4 Å². The Kier molecular flexibility index (Phi) is 3.15. The first-order valence-corrected chi connectivity index (χ1v) is 5.80. The van der Waals surface area contributed by atoms with Gasteiger partial charge < -0.3 is 10.5 Å². The van der Waals surface area contributed by atoms with Crippen LogP contribution in [0.25, 0.3) is 0 Å². The van der Waals surface area contributed by atoms with Crippen molar-refractivity contribution in [3.63, 3.8) is 0 Å². The standard InChI is InChI=1S/C7H8N6OS2/c1-3-9-7(16-13-3)15-6-11-4(8)10-5(12-6)14-2/h1-2H3,(H2,8,10,11,12). The normalized spacial score (nSPS) is 10.4. The Morgan fingerprint density at radius 2 is 2.06 bits per heavy atom. The highest BCUT2D eigenvalue weighted by Gasteiger charge is 2.09. The van der Waals surface area contributed by atoms with Crippen LogP contribution in [0.5, 0.6) is 6.01 Å². The number of rotatable bonds is 3. The van der Waals surface area contributed by atoms with Gasteiger partial charge in [-0.1, -0.05) is 0 Å². The third-order valence-electron chi connectivity index (χ3n) is 1.48. The van der Waals surface area contributed by atoms with Crippen LogP contribution in [0.3, 0.4) is 0 Å². The lowest BCUT2D eigenvalue weighted by atomic mass is 10.8. The van der Waals surface area contributed by atoms with Gasteiger partial charge >= 0.3 is 6.01 Å². The van der Waals surface area contributed by atoms with E-state index in [-0.39, 0.29) is 12.0 Å². The summed E-state index contributed by atoms with van der Waals surface area (Å²) >= 11 is 2.56. The van der Waals surface area contributed by atoms with Crippen LogP contribution in [0, 0.1) is 6.92 Å². The highest BCUT2D eigenvalue weighted by Crippen LogP contribution is 2.26. The average Bonchev–Trinajstić information content (AvgIpc) is 2.63. The number of nitrogen functional groups attached to an aromatic ring is 1. The molecule has 2 aromatic heterocycles. The number of hydrogen-bond acceptors (Lipinski definition) is 9. The molecular formula is C7H8N6OS2. The molecule has 7 nitrogen and oxygen atoms in total. The van der Waals surface area contributed by atoms with Gasteiger partial charge in [0.1, 0.15) is 5.82 Å². The molecular weight excluding hydrogens is 248 g/mol. The van der Waals surface area contributed by atoms with Crippen LogP contribution >= 0.6 is 23.3 Å². The van der Waals surface area contributed by atoms with Gasteiger partial charge in [-0.15, -0.1) is 0 Å². The van der Waals surface area contributed by atoms with Crippen molar-refractivity contribution < 1.29 is 4.74 Å². The number of ether oxygens (including phenoxy) is 1. The van der Waals surface area contributed by atoms with E-state index in [1.54, 1.807) is 0 Å². The molecule has 0 saturated carbocycles. The molecule has 0 bridgehead atoms. The van der Waals surface area contributed by atoms with Crippen LogP contribution in [0.2, 0.25) is 0 Å². The van der Waals surface area contributed by atoms with E-state index in [2.05, 4.69) is 24.3 Å². The summed E-state index contributed by atoms with van der Waals surface area (Å²) in [5.74, 6) is 0.845. The maximum absolute atomic E-state index is 5.51. The fourth-order valence-corrected chi connectivity index (χ4v) is 2.39. The molecule has 2 heterocycles. The summed E-state index contributed by atoms with van der Waals surface area (Å²) < 4.78 is 9.70. The number of hydrogen-bond donors (Lipinski definition) is 1. The predicted molar refractivity (Wildman–Crippen MR) is 59.6 cm³/mol. The first-order chi connectivity index (χ1) is 7.67. The van der Waals surface area contributed by atoms with Crippen molar-refractivity contribution in [2.24, 2.45) is 0 Å². The molecule has 0 saturated heterocycles. The number of aryl methyl sites for hydroxylation is 1. The monoisotopic (exact) mass is 256 g/mol. The van der Waals surface area contributed by atoms with Crippen LogP contribution in [-0.2, 0) is 0 Å². The fourth-order valence-electron chi connectivity index (χ4n) is 0.887. The van der Waals surface area contributed by atoms with E-state index in [1.165, 1.54) is 30.4 Å². The number of nitrogens with two attached hydrogens (primary N) is 1. The molecule has 0 aromatic carbocycles. The van der Waals surface area contributed by atoms with Crippen molar-refractivity contribution in [1.29, 1.82) is 0 Å². The Hall–Kier alpha value is -1.48. The minimum Gasteiger partial charge on any atom is -0.467 e. The topological polar surface area (TPSA) is 99.7 Å². The highest BCUT2D eigenvalue weighted by molar-refractivity contribution is 8.00. The van der Waals surface area contributed by atoms with Crippen molar-refractivity contribution in [2.75, 3.05) is 12.8 Å². The Balaban J connectivity index is 2.24. The molecule has 16 heavy (non-hydrogen) atoms. The lowest BCUT2D eigenvalue weighted by Crippen LogP contribution is -2.01. The Labute approximate surface area is 99.7 Å². The number of aromatic nitrogens is 5. The molecule has 2 N–H and O–H groups in total. The molecule has 0 radical (unpaired) electrons. The second-order valence-corrected chi connectivity index (χ2v) is 4.64. The van der Waals surface area contributed by atoms with E-state index >= 15 is 0 Å². The second kappa shape index (κ2) is 4.58. The molecule has 84 valence electrons. The van der Waals surface area contributed by atoms with E-state index in [4.69, 9.17) is 10.5 Å². The predicted octanol–water partition coefficient (Wildman–Crippen LogP) is 0.774. The summed E-state index contributed by atoms with van der Waals surface area (Å²) in [4.78, 5) is 16.0. The summed E-state index contributed by atoms with van der Waals surface area (Å²) in [5.41, 5.74) is 5.51. The molecule has 0 aliphatic carbocycles. The molecule has 0 atom stereocenters.